The molecule has 0 spiro atoms. The van der Waals surface area contributed by atoms with Gasteiger partial charge in [-0.15, -0.1) is 0 Å². The van der Waals surface area contributed by atoms with Crippen LogP contribution in [0.5, 0.6) is 0 Å². The molecular weight excluding hydrogens is 202 g/mol. The average molecular weight is 223 g/mol. The Hall–Kier alpha value is -1.03. The van der Waals surface area contributed by atoms with Gasteiger partial charge in [0, 0.05) is 31.3 Å². The van der Waals surface area contributed by atoms with Gasteiger partial charge in [0.1, 0.15) is 0 Å². The zero-order chi connectivity index (χ0) is 11.5. The van der Waals surface area contributed by atoms with Gasteiger partial charge in [-0.3, -0.25) is 5.10 Å². The van der Waals surface area contributed by atoms with Crippen LogP contribution in [0.1, 0.15) is 31.5 Å². The van der Waals surface area contributed by atoms with Gasteiger partial charge in [-0.1, -0.05) is 13.8 Å². The fourth-order valence-corrected chi connectivity index (χ4v) is 2.11. The maximum Gasteiger partial charge on any atom is 0.151 e. The summed E-state index contributed by atoms with van der Waals surface area (Å²) in [5, 5.41) is 10.9. The van der Waals surface area contributed by atoms with E-state index in [1.807, 2.05) is 0 Å². The summed E-state index contributed by atoms with van der Waals surface area (Å²) in [4.78, 5) is 0. The average Bonchev–Trinajstić information content (AvgIpc) is 2.68. The van der Waals surface area contributed by atoms with Gasteiger partial charge < -0.3 is 10.1 Å². The fraction of sp³-hybridized carbons (Fsp3) is 0.750. The topological polar surface area (TPSA) is 49.9 Å². The highest BCUT2D eigenvalue weighted by atomic mass is 16.5. The van der Waals surface area contributed by atoms with Crippen molar-refractivity contribution < 1.29 is 4.74 Å². The van der Waals surface area contributed by atoms with Gasteiger partial charge >= 0.3 is 0 Å². The minimum absolute atomic E-state index is 0.352. The van der Waals surface area contributed by atoms with Crippen LogP contribution in [-0.2, 0) is 17.6 Å². The molecule has 0 aliphatic heterocycles. The summed E-state index contributed by atoms with van der Waals surface area (Å²) in [6.45, 7) is 5.36. The van der Waals surface area contributed by atoms with Crippen molar-refractivity contribution in [1.82, 2.24) is 10.2 Å². The summed E-state index contributed by atoms with van der Waals surface area (Å²) >= 11 is 0. The lowest BCUT2D eigenvalue weighted by atomic mass is 9.95. The van der Waals surface area contributed by atoms with Gasteiger partial charge in [0.05, 0.1) is 6.10 Å². The lowest BCUT2D eigenvalue weighted by Crippen LogP contribution is -2.21. The Balaban J connectivity index is 2.07. The van der Waals surface area contributed by atoms with Crippen molar-refractivity contribution in [3.8, 4) is 0 Å². The maximum atomic E-state index is 5.43. The van der Waals surface area contributed by atoms with E-state index in [2.05, 4.69) is 29.4 Å². The molecule has 1 aliphatic rings. The van der Waals surface area contributed by atoms with E-state index in [4.69, 9.17) is 4.74 Å². The molecule has 0 fully saturated rings. The normalized spacial score (nSPS) is 19.9. The van der Waals surface area contributed by atoms with Crippen LogP contribution in [0.2, 0.25) is 0 Å². The van der Waals surface area contributed by atoms with E-state index < -0.39 is 0 Å². The number of anilines is 1. The number of H-pyrrole nitrogens is 1. The monoisotopic (exact) mass is 223 g/mol. The highest BCUT2D eigenvalue weighted by Crippen LogP contribution is 2.26. The Morgan fingerprint density at radius 1 is 1.56 bits per heavy atom. The van der Waals surface area contributed by atoms with Crippen molar-refractivity contribution in [1.29, 1.82) is 0 Å². The Morgan fingerprint density at radius 3 is 3.06 bits per heavy atom. The van der Waals surface area contributed by atoms with Gasteiger partial charge in [0.2, 0.25) is 0 Å². The molecule has 16 heavy (non-hydrogen) atoms. The number of methoxy groups -OCH3 is 1. The van der Waals surface area contributed by atoms with Gasteiger partial charge in [0.25, 0.3) is 0 Å². The third-order valence-corrected chi connectivity index (χ3v) is 3.11. The summed E-state index contributed by atoms with van der Waals surface area (Å²) in [5.74, 6) is 1.65. The van der Waals surface area contributed by atoms with Crippen molar-refractivity contribution >= 4 is 5.82 Å². The van der Waals surface area contributed by atoms with Gasteiger partial charge in [-0.2, -0.15) is 5.10 Å². The number of nitrogens with one attached hydrogen (secondary N) is 2. The summed E-state index contributed by atoms with van der Waals surface area (Å²) < 4.78 is 5.43. The minimum atomic E-state index is 0.352. The van der Waals surface area contributed by atoms with Crippen molar-refractivity contribution in [2.45, 2.75) is 39.2 Å². The minimum Gasteiger partial charge on any atom is -0.381 e. The van der Waals surface area contributed by atoms with E-state index >= 15 is 0 Å². The van der Waals surface area contributed by atoms with E-state index in [-0.39, 0.29) is 0 Å². The van der Waals surface area contributed by atoms with Gasteiger partial charge in [-0.25, -0.2) is 0 Å². The molecule has 90 valence electrons. The fourth-order valence-electron chi connectivity index (χ4n) is 2.11. The number of ether oxygens (including phenoxy) is 1. The number of hydrogen-bond donors (Lipinski definition) is 2. The summed E-state index contributed by atoms with van der Waals surface area (Å²) in [6.07, 6.45) is 3.46. The molecule has 4 heteroatoms. The van der Waals surface area contributed by atoms with Crippen LogP contribution in [0.25, 0.3) is 0 Å². The molecule has 0 saturated carbocycles. The summed E-state index contributed by atoms with van der Waals surface area (Å²) in [5.41, 5.74) is 2.60. The zero-order valence-corrected chi connectivity index (χ0v) is 10.3. The van der Waals surface area contributed by atoms with Crippen LogP contribution in [-0.4, -0.2) is 30.0 Å². The van der Waals surface area contributed by atoms with Gasteiger partial charge in [-0.05, 0) is 18.8 Å². The molecule has 1 aliphatic carbocycles. The van der Waals surface area contributed by atoms with Crippen molar-refractivity contribution in [2.24, 2.45) is 5.92 Å². The van der Waals surface area contributed by atoms with Crippen LogP contribution >= 0.6 is 0 Å². The van der Waals surface area contributed by atoms with Gasteiger partial charge in [0.15, 0.2) is 5.82 Å². The number of aromatic amines is 1. The lowest BCUT2D eigenvalue weighted by Gasteiger charge is -2.21. The second-order valence-corrected chi connectivity index (χ2v) is 4.90. The van der Waals surface area contributed by atoms with Crippen molar-refractivity contribution in [3.63, 3.8) is 0 Å². The number of aromatic nitrogens is 2. The molecule has 0 aromatic carbocycles. The number of aryl methyl sites for hydroxylation is 1. The molecule has 0 radical (unpaired) electrons. The third-order valence-electron chi connectivity index (χ3n) is 3.11. The molecule has 0 bridgehead atoms. The predicted molar refractivity (Wildman–Crippen MR) is 64.7 cm³/mol. The summed E-state index contributed by atoms with van der Waals surface area (Å²) in [6, 6.07) is 0. The number of rotatable bonds is 4. The lowest BCUT2D eigenvalue weighted by molar-refractivity contribution is 0.0910. The molecule has 1 unspecified atom stereocenters. The van der Waals surface area contributed by atoms with Crippen molar-refractivity contribution in [3.05, 3.63) is 11.3 Å². The molecule has 2 rings (SSSR count). The first-order valence-electron chi connectivity index (χ1n) is 6.03. The second kappa shape index (κ2) is 4.87. The highest BCUT2D eigenvalue weighted by molar-refractivity contribution is 5.48. The molecule has 1 aromatic rings. The SMILES string of the molecule is COC1CCc2[nH]nc(NCC(C)C)c2C1. The van der Waals surface area contributed by atoms with E-state index in [1.165, 1.54) is 11.3 Å². The molecule has 1 aromatic heterocycles. The quantitative estimate of drug-likeness (QED) is 0.820. The molecule has 4 nitrogen and oxygen atoms in total. The Labute approximate surface area is 96.8 Å². The molecule has 0 saturated heterocycles. The Bertz CT molecular complexity index is 346. The number of nitrogens with zero attached hydrogens (tertiary/aromatic N) is 1. The zero-order valence-electron chi connectivity index (χ0n) is 10.3. The first-order valence-corrected chi connectivity index (χ1v) is 6.03. The van der Waals surface area contributed by atoms with E-state index in [0.717, 1.165) is 31.6 Å². The van der Waals surface area contributed by atoms with Crippen LogP contribution in [0, 0.1) is 5.92 Å². The van der Waals surface area contributed by atoms with Crippen LogP contribution < -0.4 is 5.32 Å². The largest absolute Gasteiger partial charge is 0.381 e. The molecule has 1 atom stereocenters. The molecule has 2 N–H and O–H groups in total. The van der Waals surface area contributed by atoms with Crippen LogP contribution in [0.4, 0.5) is 5.82 Å². The molecular formula is C12H21N3O. The third kappa shape index (κ3) is 2.38. The Morgan fingerprint density at radius 2 is 2.38 bits per heavy atom. The number of fused-ring (bicyclic) bond motifs is 1. The van der Waals surface area contributed by atoms with E-state index in [0.29, 0.717) is 12.0 Å². The smallest absolute Gasteiger partial charge is 0.151 e. The molecule has 1 heterocycles. The maximum absolute atomic E-state index is 5.43. The second-order valence-electron chi connectivity index (χ2n) is 4.90. The first kappa shape index (κ1) is 11.5. The number of hydrogen-bond acceptors (Lipinski definition) is 3. The van der Waals surface area contributed by atoms with Crippen LogP contribution in [0.15, 0.2) is 0 Å². The summed E-state index contributed by atoms with van der Waals surface area (Å²) in [7, 11) is 1.79. The standard InChI is InChI=1S/C12H21N3O/c1-8(2)7-13-12-10-6-9(16-3)4-5-11(10)14-15-12/h8-9H,4-7H2,1-3H3,(H2,13,14,15). The predicted octanol–water partition coefficient (Wildman–Crippen LogP) is 1.98. The highest BCUT2D eigenvalue weighted by Gasteiger charge is 2.23. The van der Waals surface area contributed by atoms with Crippen molar-refractivity contribution in [2.75, 3.05) is 19.0 Å². The van der Waals surface area contributed by atoms with E-state index in [9.17, 15) is 0 Å². The molecule has 0 amide bonds. The van der Waals surface area contributed by atoms with E-state index in [1.54, 1.807) is 7.11 Å². The Kier molecular flexibility index (Phi) is 3.49. The first-order chi connectivity index (χ1) is 7.70. The van der Waals surface area contributed by atoms with Crippen LogP contribution in [0.3, 0.4) is 0 Å².